The first-order valence-electron chi connectivity index (χ1n) is 10.4. The number of carbonyl (C=O) groups excluding carboxylic acids is 3. The summed E-state index contributed by atoms with van der Waals surface area (Å²) in [7, 11) is 0. The Hall–Kier alpha value is -4.21. The number of nitrogens with one attached hydrogen (secondary N) is 2. The minimum Gasteiger partial charge on any atom is -0.476 e. The van der Waals surface area contributed by atoms with Gasteiger partial charge in [-0.1, -0.05) is 37.3 Å². The molecule has 1 atom stereocenters. The second-order valence-electron chi connectivity index (χ2n) is 8.13. The van der Waals surface area contributed by atoms with Gasteiger partial charge in [-0.15, -0.1) is 0 Å². The minimum absolute atomic E-state index is 0.0865. The Morgan fingerprint density at radius 2 is 1.62 bits per heavy atom. The molecule has 2 amide bonds. The average Bonchev–Trinajstić information content (AvgIpc) is 2.77. The van der Waals surface area contributed by atoms with Crippen molar-refractivity contribution in [1.29, 1.82) is 0 Å². The predicted molar refractivity (Wildman–Crippen MR) is 124 cm³/mol. The van der Waals surface area contributed by atoms with E-state index in [0.29, 0.717) is 5.56 Å². The highest BCUT2D eigenvalue weighted by Crippen LogP contribution is 2.20. The maximum Gasteiger partial charge on any atom is 0.428 e. The van der Waals surface area contributed by atoms with E-state index in [1.54, 1.807) is 39.0 Å². The SMILES string of the molecule is CCC(=O)C(NC(=O)c1ccc(C=NNC(=O)OC(C)(C)C)cc1)(Oc1ccccc1)C(=O)O. The van der Waals surface area contributed by atoms with E-state index in [1.165, 1.54) is 49.5 Å². The number of carbonyl (C=O) groups is 4. The van der Waals surface area contributed by atoms with Crippen LogP contribution in [0.15, 0.2) is 59.7 Å². The summed E-state index contributed by atoms with van der Waals surface area (Å²) in [6.07, 6.45) is 0.440. The fraction of sp³-hybridized carbons (Fsp3) is 0.292. The van der Waals surface area contributed by atoms with Gasteiger partial charge >= 0.3 is 17.8 Å². The van der Waals surface area contributed by atoms with Crippen molar-refractivity contribution in [3.05, 3.63) is 65.7 Å². The topological polar surface area (TPSA) is 143 Å². The van der Waals surface area contributed by atoms with Gasteiger partial charge in [-0.2, -0.15) is 5.10 Å². The van der Waals surface area contributed by atoms with Crippen molar-refractivity contribution in [1.82, 2.24) is 10.7 Å². The first-order chi connectivity index (χ1) is 16.0. The Balaban J connectivity index is 2.16. The highest BCUT2D eigenvalue weighted by Gasteiger charge is 2.49. The van der Waals surface area contributed by atoms with Gasteiger partial charge in [-0.25, -0.2) is 15.0 Å². The molecule has 0 fully saturated rings. The smallest absolute Gasteiger partial charge is 0.428 e. The second kappa shape index (κ2) is 11.1. The molecule has 0 heterocycles. The van der Waals surface area contributed by atoms with Crippen molar-refractivity contribution in [2.75, 3.05) is 0 Å². The number of benzene rings is 2. The number of hydrazone groups is 1. The third-order valence-electron chi connectivity index (χ3n) is 4.26. The van der Waals surface area contributed by atoms with Gasteiger partial charge in [0, 0.05) is 12.0 Å². The Morgan fingerprint density at radius 3 is 2.15 bits per heavy atom. The molecular formula is C24H27N3O7. The zero-order chi connectivity index (χ0) is 25.4. The summed E-state index contributed by atoms with van der Waals surface area (Å²) in [6, 6.07) is 13.7. The summed E-state index contributed by atoms with van der Waals surface area (Å²) >= 11 is 0. The van der Waals surface area contributed by atoms with E-state index in [-0.39, 0.29) is 17.7 Å². The van der Waals surface area contributed by atoms with Crippen molar-refractivity contribution in [2.24, 2.45) is 5.10 Å². The van der Waals surface area contributed by atoms with Gasteiger partial charge in [0.05, 0.1) is 6.21 Å². The summed E-state index contributed by atoms with van der Waals surface area (Å²) in [5, 5.41) is 15.8. The van der Waals surface area contributed by atoms with Crippen LogP contribution in [0.4, 0.5) is 4.79 Å². The van der Waals surface area contributed by atoms with Crippen molar-refractivity contribution >= 4 is 30.0 Å². The van der Waals surface area contributed by atoms with Crippen LogP contribution in [0.25, 0.3) is 0 Å². The maximum absolute atomic E-state index is 12.8. The van der Waals surface area contributed by atoms with E-state index < -0.39 is 35.1 Å². The predicted octanol–water partition coefficient (Wildman–Crippen LogP) is 3.11. The Labute approximate surface area is 197 Å². The summed E-state index contributed by atoms with van der Waals surface area (Å²) in [4.78, 5) is 49.1. The number of para-hydroxylation sites is 1. The van der Waals surface area contributed by atoms with Crippen LogP contribution in [0.5, 0.6) is 5.75 Å². The Morgan fingerprint density at radius 1 is 1.00 bits per heavy atom. The lowest BCUT2D eigenvalue weighted by Gasteiger charge is -2.29. The molecule has 34 heavy (non-hydrogen) atoms. The normalized spacial score (nSPS) is 12.9. The molecule has 0 spiro atoms. The number of hydrogen-bond acceptors (Lipinski definition) is 7. The highest BCUT2D eigenvalue weighted by atomic mass is 16.6. The molecule has 2 rings (SSSR count). The van der Waals surface area contributed by atoms with E-state index in [1.807, 2.05) is 0 Å². The number of Topliss-reactive ketones (excluding diaryl/α,β-unsaturated/α-hetero) is 1. The minimum atomic E-state index is -2.59. The number of rotatable bonds is 9. The molecule has 0 saturated heterocycles. The average molecular weight is 469 g/mol. The van der Waals surface area contributed by atoms with E-state index in [9.17, 15) is 24.3 Å². The first-order valence-corrected chi connectivity index (χ1v) is 10.4. The van der Waals surface area contributed by atoms with Crippen LogP contribution in [-0.2, 0) is 14.3 Å². The molecule has 2 aromatic rings. The summed E-state index contributed by atoms with van der Waals surface area (Å²) < 4.78 is 10.5. The molecular weight excluding hydrogens is 442 g/mol. The zero-order valence-corrected chi connectivity index (χ0v) is 19.3. The third-order valence-corrected chi connectivity index (χ3v) is 4.26. The van der Waals surface area contributed by atoms with Crippen LogP contribution in [0.1, 0.15) is 50.0 Å². The van der Waals surface area contributed by atoms with Crippen molar-refractivity contribution in [3.8, 4) is 5.75 Å². The standard InChI is InChI=1S/C24H27N3O7/c1-5-19(28)24(21(30)31,33-18-9-7-6-8-10-18)26-20(29)17-13-11-16(12-14-17)15-25-27-22(32)34-23(2,3)4/h6-15H,5H2,1-4H3,(H,26,29)(H,27,32)(H,30,31). The fourth-order valence-corrected chi connectivity index (χ4v) is 2.70. The number of ether oxygens (including phenoxy) is 2. The number of nitrogens with zero attached hydrogens (tertiary/aromatic N) is 1. The number of carboxylic acids is 1. The lowest BCUT2D eigenvalue weighted by atomic mass is 10.0. The molecule has 0 aliphatic rings. The zero-order valence-electron chi connectivity index (χ0n) is 19.3. The van der Waals surface area contributed by atoms with Gasteiger partial charge in [0.1, 0.15) is 11.4 Å². The van der Waals surface area contributed by atoms with Gasteiger partial charge in [0.25, 0.3) is 5.91 Å². The molecule has 0 aliphatic carbocycles. The molecule has 10 heteroatoms. The summed E-state index contributed by atoms with van der Waals surface area (Å²) in [6.45, 7) is 6.63. The number of amides is 2. The van der Waals surface area contributed by atoms with E-state index in [0.717, 1.165) is 0 Å². The molecule has 0 aromatic heterocycles. The number of aliphatic carboxylic acids is 1. The molecule has 0 bridgehead atoms. The van der Waals surface area contributed by atoms with Gasteiger partial charge in [0.2, 0.25) is 5.78 Å². The van der Waals surface area contributed by atoms with E-state index in [4.69, 9.17) is 9.47 Å². The number of carboxylic acid groups (broad SMARTS) is 1. The largest absolute Gasteiger partial charge is 0.476 e. The van der Waals surface area contributed by atoms with Crippen LogP contribution in [0, 0.1) is 0 Å². The molecule has 180 valence electrons. The lowest BCUT2D eigenvalue weighted by molar-refractivity contribution is -0.164. The van der Waals surface area contributed by atoms with Crippen molar-refractivity contribution in [3.63, 3.8) is 0 Å². The van der Waals surface area contributed by atoms with E-state index >= 15 is 0 Å². The van der Waals surface area contributed by atoms with Gasteiger partial charge in [0.15, 0.2) is 0 Å². The number of ketones is 1. The van der Waals surface area contributed by atoms with Crippen LogP contribution in [-0.4, -0.2) is 46.4 Å². The van der Waals surface area contributed by atoms with Crippen LogP contribution in [0.2, 0.25) is 0 Å². The molecule has 2 aromatic carbocycles. The van der Waals surface area contributed by atoms with Gasteiger partial charge in [-0.05, 0) is 50.6 Å². The van der Waals surface area contributed by atoms with Gasteiger partial charge in [-0.3, -0.25) is 14.9 Å². The molecule has 0 saturated carbocycles. The van der Waals surface area contributed by atoms with Crippen LogP contribution in [0.3, 0.4) is 0 Å². The van der Waals surface area contributed by atoms with Crippen LogP contribution < -0.4 is 15.5 Å². The fourth-order valence-electron chi connectivity index (χ4n) is 2.70. The Bertz CT molecular complexity index is 1060. The van der Waals surface area contributed by atoms with Crippen LogP contribution >= 0.6 is 0 Å². The molecule has 3 N–H and O–H groups in total. The van der Waals surface area contributed by atoms with E-state index in [2.05, 4.69) is 15.8 Å². The molecule has 0 aliphatic heterocycles. The molecule has 0 radical (unpaired) electrons. The second-order valence-corrected chi connectivity index (χ2v) is 8.13. The first kappa shape index (κ1) is 26.0. The Kier molecular flexibility index (Phi) is 8.49. The molecule has 1 unspecified atom stereocenters. The summed E-state index contributed by atoms with van der Waals surface area (Å²) in [5.74, 6) is -3.19. The monoisotopic (exact) mass is 469 g/mol. The maximum atomic E-state index is 12.8. The van der Waals surface area contributed by atoms with Gasteiger partial charge < -0.3 is 14.6 Å². The third kappa shape index (κ3) is 7.16. The lowest BCUT2D eigenvalue weighted by Crippen LogP contribution is -2.64. The quantitative estimate of drug-likeness (QED) is 0.222. The molecule has 10 nitrogen and oxygen atoms in total. The highest BCUT2D eigenvalue weighted by molar-refractivity contribution is 6.11. The van der Waals surface area contributed by atoms with Crippen molar-refractivity contribution in [2.45, 2.75) is 45.4 Å². The van der Waals surface area contributed by atoms with Crippen molar-refractivity contribution < 1.29 is 33.8 Å². The number of hydrogen-bond donors (Lipinski definition) is 3. The summed E-state index contributed by atoms with van der Waals surface area (Å²) in [5.41, 5.74) is -0.405.